The predicted molar refractivity (Wildman–Crippen MR) is 103 cm³/mol. The Hall–Kier alpha value is -0.130. The first-order valence-corrected chi connectivity index (χ1v) is 9.26. The summed E-state index contributed by atoms with van der Waals surface area (Å²) in [5, 5.41) is 6.36. The van der Waals surface area contributed by atoms with Gasteiger partial charge in [-0.3, -0.25) is 4.99 Å². The third-order valence-corrected chi connectivity index (χ3v) is 4.20. The van der Waals surface area contributed by atoms with Crippen molar-refractivity contribution in [3.8, 4) is 0 Å². The van der Waals surface area contributed by atoms with Gasteiger partial charge in [-0.25, -0.2) is 12.7 Å². The Balaban J connectivity index is 0. The van der Waals surface area contributed by atoms with E-state index in [1.54, 1.807) is 7.11 Å². The molecule has 134 valence electrons. The summed E-state index contributed by atoms with van der Waals surface area (Å²) >= 11 is 0. The van der Waals surface area contributed by atoms with Gasteiger partial charge in [0, 0.05) is 46.4 Å². The molecule has 0 unspecified atom stereocenters. The number of sulfonamides is 1. The standard InChI is InChI=1S/C13H30N4O3S.HI/c1-5-14-13(16-10-8-12-20-3)15-9-7-11-17(6-2)21(4,18)19;/h5-12H2,1-4H3,(H2,14,15,16);1H. The summed E-state index contributed by atoms with van der Waals surface area (Å²) in [6.07, 6.45) is 2.86. The van der Waals surface area contributed by atoms with Gasteiger partial charge in [-0.05, 0) is 19.8 Å². The molecule has 9 heteroatoms. The van der Waals surface area contributed by atoms with E-state index in [4.69, 9.17) is 4.74 Å². The number of methoxy groups -OCH3 is 1. The molecule has 0 heterocycles. The van der Waals surface area contributed by atoms with E-state index in [9.17, 15) is 8.42 Å². The Morgan fingerprint density at radius 2 is 1.91 bits per heavy atom. The normalized spacial score (nSPS) is 12.1. The van der Waals surface area contributed by atoms with Gasteiger partial charge in [0.05, 0.1) is 6.26 Å². The van der Waals surface area contributed by atoms with Crippen LogP contribution in [-0.2, 0) is 14.8 Å². The van der Waals surface area contributed by atoms with Gasteiger partial charge in [-0.1, -0.05) is 6.92 Å². The number of hydrogen-bond donors (Lipinski definition) is 2. The highest BCUT2D eigenvalue weighted by atomic mass is 127. The second kappa shape index (κ2) is 14.5. The molecule has 0 rings (SSSR count). The monoisotopic (exact) mass is 450 g/mol. The molecule has 0 saturated carbocycles. The molecular formula is C13H31IN4O3S. The van der Waals surface area contributed by atoms with Crippen molar-refractivity contribution in [2.75, 3.05) is 52.7 Å². The van der Waals surface area contributed by atoms with E-state index in [2.05, 4.69) is 15.6 Å². The molecule has 0 aliphatic rings. The van der Waals surface area contributed by atoms with Crippen LogP contribution in [0.5, 0.6) is 0 Å². The Labute approximate surface area is 152 Å². The van der Waals surface area contributed by atoms with Crippen LogP contribution in [0, 0.1) is 0 Å². The smallest absolute Gasteiger partial charge is 0.211 e. The van der Waals surface area contributed by atoms with Gasteiger partial charge in [0.1, 0.15) is 0 Å². The van der Waals surface area contributed by atoms with Gasteiger partial charge >= 0.3 is 0 Å². The molecule has 0 aromatic rings. The summed E-state index contributed by atoms with van der Waals surface area (Å²) in [6, 6.07) is 0. The SMILES string of the molecule is CCNC(=NCCCOC)NCCCN(CC)S(C)(=O)=O.I. The van der Waals surface area contributed by atoms with Crippen LogP contribution in [0.2, 0.25) is 0 Å². The van der Waals surface area contributed by atoms with E-state index in [1.807, 2.05) is 13.8 Å². The average Bonchev–Trinajstić information content (AvgIpc) is 2.41. The largest absolute Gasteiger partial charge is 0.385 e. The van der Waals surface area contributed by atoms with Gasteiger partial charge in [-0.2, -0.15) is 0 Å². The molecule has 0 aliphatic heterocycles. The van der Waals surface area contributed by atoms with Crippen molar-refractivity contribution in [2.45, 2.75) is 26.7 Å². The fraction of sp³-hybridized carbons (Fsp3) is 0.923. The van der Waals surface area contributed by atoms with Crippen molar-refractivity contribution < 1.29 is 13.2 Å². The maximum absolute atomic E-state index is 11.5. The summed E-state index contributed by atoms with van der Waals surface area (Å²) < 4.78 is 29.4. The molecule has 0 fully saturated rings. The second-order valence-electron chi connectivity index (χ2n) is 4.64. The number of halogens is 1. The molecule has 0 aromatic carbocycles. The quantitative estimate of drug-likeness (QED) is 0.211. The zero-order valence-electron chi connectivity index (χ0n) is 14.1. The first kappa shape index (κ1) is 24.1. The van der Waals surface area contributed by atoms with Crippen molar-refractivity contribution in [3.05, 3.63) is 0 Å². The molecule has 0 radical (unpaired) electrons. The fourth-order valence-corrected chi connectivity index (χ4v) is 2.69. The number of rotatable bonds is 11. The van der Waals surface area contributed by atoms with E-state index in [-0.39, 0.29) is 24.0 Å². The lowest BCUT2D eigenvalue weighted by Crippen LogP contribution is -2.39. The van der Waals surface area contributed by atoms with Gasteiger partial charge in [0.15, 0.2) is 5.96 Å². The molecule has 0 bridgehead atoms. The molecule has 0 saturated heterocycles. The molecule has 0 amide bonds. The van der Waals surface area contributed by atoms with Crippen LogP contribution in [0.25, 0.3) is 0 Å². The van der Waals surface area contributed by atoms with Crippen molar-refractivity contribution in [1.29, 1.82) is 0 Å². The Bertz CT molecular complexity index is 391. The number of guanidine groups is 1. The minimum Gasteiger partial charge on any atom is -0.385 e. The zero-order chi connectivity index (χ0) is 16.1. The lowest BCUT2D eigenvalue weighted by Gasteiger charge is -2.18. The fourth-order valence-electron chi connectivity index (χ4n) is 1.76. The molecule has 0 atom stereocenters. The summed E-state index contributed by atoms with van der Waals surface area (Å²) in [5.74, 6) is 0.760. The van der Waals surface area contributed by atoms with Crippen molar-refractivity contribution in [1.82, 2.24) is 14.9 Å². The first-order chi connectivity index (χ1) is 9.95. The number of hydrogen-bond acceptors (Lipinski definition) is 4. The average molecular weight is 450 g/mol. The van der Waals surface area contributed by atoms with E-state index in [1.165, 1.54) is 10.6 Å². The van der Waals surface area contributed by atoms with Crippen LogP contribution >= 0.6 is 24.0 Å². The first-order valence-electron chi connectivity index (χ1n) is 7.41. The topological polar surface area (TPSA) is 83.0 Å². The summed E-state index contributed by atoms with van der Waals surface area (Å²) in [6.45, 7) is 7.75. The molecular weight excluding hydrogens is 419 g/mol. The van der Waals surface area contributed by atoms with Crippen molar-refractivity contribution in [2.24, 2.45) is 4.99 Å². The van der Waals surface area contributed by atoms with E-state index < -0.39 is 10.0 Å². The predicted octanol–water partition coefficient (Wildman–Crippen LogP) is 0.868. The van der Waals surface area contributed by atoms with Gasteiger partial charge < -0.3 is 15.4 Å². The molecule has 0 spiro atoms. The van der Waals surface area contributed by atoms with Gasteiger partial charge in [0.25, 0.3) is 0 Å². The van der Waals surface area contributed by atoms with Crippen LogP contribution in [0.3, 0.4) is 0 Å². The maximum atomic E-state index is 11.5. The van der Waals surface area contributed by atoms with Crippen LogP contribution in [0.15, 0.2) is 4.99 Å². The summed E-state index contributed by atoms with van der Waals surface area (Å²) in [4.78, 5) is 4.42. The highest BCUT2D eigenvalue weighted by Crippen LogP contribution is 1.98. The zero-order valence-corrected chi connectivity index (χ0v) is 17.2. The maximum Gasteiger partial charge on any atom is 0.211 e. The van der Waals surface area contributed by atoms with Crippen molar-refractivity contribution >= 4 is 40.0 Å². The van der Waals surface area contributed by atoms with Gasteiger partial charge in [0.2, 0.25) is 10.0 Å². The molecule has 7 nitrogen and oxygen atoms in total. The minimum atomic E-state index is -3.10. The van der Waals surface area contributed by atoms with Gasteiger partial charge in [-0.15, -0.1) is 24.0 Å². The van der Waals surface area contributed by atoms with Crippen molar-refractivity contribution in [3.63, 3.8) is 0 Å². The molecule has 22 heavy (non-hydrogen) atoms. The summed E-state index contributed by atoms with van der Waals surface area (Å²) in [7, 11) is -1.43. The third-order valence-electron chi connectivity index (χ3n) is 2.82. The highest BCUT2D eigenvalue weighted by molar-refractivity contribution is 14.0. The van der Waals surface area contributed by atoms with Crippen LogP contribution in [0.1, 0.15) is 26.7 Å². The summed E-state index contributed by atoms with van der Waals surface area (Å²) in [5.41, 5.74) is 0. The van der Waals surface area contributed by atoms with Crippen LogP contribution in [0.4, 0.5) is 0 Å². The number of aliphatic imine (C=N–C) groups is 1. The lowest BCUT2D eigenvalue weighted by atomic mass is 10.4. The lowest BCUT2D eigenvalue weighted by molar-refractivity contribution is 0.197. The molecule has 0 aliphatic carbocycles. The number of nitrogens with zero attached hydrogens (tertiary/aromatic N) is 2. The minimum absolute atomic E-state index is 0. The van der Waals surface area contributed by atoms with Crippen LogP contribution < -0.4 is 10.6 Å². The van der Waals surface area contributed by atoms with E-state index >= 15 is 0 Å². The Kier molecular flexibility index (Phi) is 15.9. The van der Waals surface area contributed by atoms with Crippen LogP contribution in [-0.4, -0.2) is 71.4 Å². The Morgan fingerprint density at radius 1 is 1.23 bits per heavy atom. The second-order valence-corrected chi connectivity index (χ2v) is 6.62. The highest BCUT2D eigenvalue weighted by Gasteiger charge is 2.13. The number of nitrogens with one attached hydrogen (secondary N) is 2. The van der Waals surface area contributed by atoms with E-state index in [0.717, 1.165) is 25.3 Å². The van der Waals surface area contributed by atoms with E-state index in [0.29, 0.717) is 32.8 Å². The Morgan fingerprint density at radius 3 is 2.41 bits per heavy atom. The molecule has 0 aromatic heterocycles. The number of ether oxygens (including phenoxy) is 1. The molecule has 2 N–H and O–H groups in total. The third kappa shape index (κ3) is 12.4.